The Labute approximate surface area is 191 Å². The van der Waals surface area contributed by atoms with Gasteiger partial charge in [-0.15, -0.1) is 11.8 Å². The molecule has 1 aliphatic rings. The lowest BCUT2D eigenvalue weighted by Gasteiger charge is -2.20. The Morgan fingerprint density at radius 1 is 0.938 bits per heavy atom. The van der Waals surface area contributed by atoms with Crippen molar-refractivity contribution in [1.82, 2.24) is 4.90 Å². The summed E-state index contributed by atoms with van der Waals surface area (Å²) >= 11 is 1.46. The van der Waals surface area contributed by atoms with Gasteiger partial charge in [-0.3, -0.25) is 9.59 Å². The standard InChI is InChI=1S/C25H26N2O4S/c1-30-22-14-20(25(29)27-11-5-6-12-27)21(15-23(22)31-2)26-24(28)16-32-19-10-9-17-7-3-4-8-18(17)13-19/h3-4,7-10,13-15H,5-6,11-12,16H2,1-2H3,(H,26,28). The van der Waals surface area contributed by atoms with Crippen LogP contribution in [0.3, 0.4) is 0 Å². The quantitative estimate of drug-likeness (QED) is 0.523. The molecule has 6 nitrogen and oxygen atoms in total. The first-order valence-electron chi connectivity index (χ1n) is 10.6. The van der Waals surface area contributed by atoms with E-state index in [1.54, 1.807) is 17.0 Å². The normalized spacial score (nSPS) is 13.2. The van der Waals surface area contributed by atoms with Crippen LogP contribution in [-0.2, 0) is 4.79 Å². The summed E-state index contributed by atoms with van der Waals surface area (Å²) in [6, 6.07) is 17.6. The zero-order valence-corrected chi connectivity index (χ0v) is 19.0. The number of fused-ring (bicyclic) bond motifs is 1. The number of likely N-dealkylation sites (tertiary alicyclic amines) is 1. The summed E-state index contributed by atoms with van der Waals surface area (Å²) in [6.45, 7) is 1.44. The second-order valence-corrected chi connectivity index (χ2v) is 8.65. The number of thioether (sulfide) groups is 1. The molecule has 1 N–H and O–H groups in total. The topological polar surface area (TPSA) is 67.9 Å². The Balaban J connectivity index is 1.52. The van der Waals surface area contributed by atoms with E-state index in [2.05, 4.69) is 29.6 Å². The van der Waals surface area contributed by atoms with E-state index in [-0.39, 0.29) is 17.6 Å². The van der Waals surface area contributed by atoms with Crippen LogP contribution >= 0.6 is 11.8 Å². The predicted octanol–water partition coefficient (Wildman–Crippen LogP) is 4.82. The molecule has 2 amide bonds. The Morgan fingerprint density at radius 3 is 2.34 bits per heavy atom. The molecular formula is C25H26N2O4S. The van der Waals surface area contributed by atoms with Gasteiger partial charge in [-0.2, -0.15) is 0 Å². The molecule has 3 aromatic carbocycles. The summed E-state index contributed by atoms with van der Waals surface area (Å²) in [5, 5.41) is 5.20. The molecule has 32 heavy (non-hydrogen) atoms. The first kappa shape index (κ1) is 22.0. The molecule has 1 heterocycles. The zero-order chi connectivity index (χ0) is 22.5. The number of nitrogens with one attached hydrogen (secondary N) is 1. The van der Waals surface area contributed by atoms with Crippen LogP contribution in [0.5, 0.6) is 11.5 Å². The molecule has 0 aromatic heterocycles. The van der Waals surface area contributed by atoms with Crippen molar-refractivity contribution in [3.05, 3.63) is 60.2 Å². The van der Waals surface area contributed by atoms with Crippen molar-refractivity contribution >= 4 is 40.0 Å². The van der Waals surface area contributed by atoms with Crippen molar-refractivity contribution in [2.75, 3.05) is 38.4 Å². The Hall–Kier alpha value is -3.19. The highest BCUT2D eigenvalue weighted by Gasteiger charge is 2.25. The van der Waals surface area contributed by atoms with Gasteiger partial charge in [-0.25, -0.2) is 0 Å². The van der Waals surface area contributed by atoms with Crippen LogP contribution in [-0.4, -0.2) is 49.8 Å². The van der Waals surface area contributed by atoms with Crippen molar-refractivity contribution in [2.24, 2.45) is 0 Å². The fourth-order valence-electron chi connectivity index (χ4n) is 3.84. The summed E-state index contributed by atoms with van der Waals surface area (Å²) < 4.78 is 10.8. The molecule has 0 spiro atoms. The fourth-order valence-corrected chi connectivity index (χ4v) is 4.59. The molecule has 4 rings (SSSR count). The van der Waals surface area contributed by atoms with E-state index in [1.165, 1.54) is 26.0 Å². The molecule has 0 saturated carbocycles. The zero-order valence-electron chi connectivity index (χ0n) is 18.2. The highest BCUT2D eigenvalue weighted by molar-refractivity contribution is 8.00. The minimum absolute atomic E-state index is 0.110. The first-order chi connectivity index (χ1) is 15.6. The van der Waals surface area contributed by atoms with Gasteiger partial charge in [-0.1, -0.05) is 30.3 Å². The van der Waals surface area contributed by atoms with Crippen LogP contribution < -0.4 is 14.8 Å². The Bertz CT molecular complexity index is 1140. The number of ether oxygens (including phenoxy) is 2. The highest BCUT2D eigenvalue weighted by atomic mass is 32.2. The third-order valence-corrected chi connectivity index (χ3v) is 6.51. The van der Waals surface area contributed by atoms with Crippen LogP contribution in [0.25, 0.3) is 10.8 Å². The highest BCUT2D eigenvalue weighted by Crippen LogP contribution is 2.35. The molecule has 3 aromatic rings. The molecule has 0 bridgehead atoms. The van der Waals surface area contributed by atoms with Crippen molar-refractivity contribution in [3.8, 4) is 11.5 Å². The number of rotatable bonds is 7. The van der Waals surface area contributed by atoms with Gasteiger partial charge in [0.25, 0.3) is 5.91 Å². The van der Waals surface area contributed by atoms with E-state index in [0.717, 1.165) is 41.6 Å². The van der Waals surface area contributed by atoms with Crippen LogP contribution in [0.2, 0.25) is 0 Å². The molecule has 0 radical (unpaired) electrons. The molecule has 0 unspecified atom stereocenters. The number of methoxy groups -OCH3 is 2. The predicted molar refractivity (Wildman–Crippen MR) is 128 cm³/mol. The Morgan fingerprint density at radius 2 is 1.62 bits per heavy atom. The number of anilines is 1. The van der Waals surface area contributed by atoms with E-state index in [4.69, 9.17) is 9.47 Å². The summed E-state index contributed by atoms with van der Waals surface area (Å²) in [7, 11) is 3.06. The third-order valence-electron chi connectivity index (χ3n) is 5.51. The number of amides is 2. The summed E-state index contributed by atoms with van der Waals surface area (Å²) in [6.07, 6.45) is 1.98. The first-order valence-corrected chi connectivity index (χ1v) is 11.5. The summed E-state index contributed by atoms with van der Waals surface area (Å²) in [5.41, 5.74) is 0.845. The lowest BCUT2D eigenvalue weighted by Crippen LogP contribution is -2.29. The van der Waals surface area contributed by atoms with Gasteiger partial charge in [0.15, 0.2) is 11.5 Å². The maximum absolute atomic E-state index is 13.1. The van der Waals surface area contributed by atoms with Crippen LogP contribution in [0, 0.1) is 0 Å². The van der Waals surface area contributed by atoms with E-state index in [0.29, 0.717) is 22.7 Å². The molecular weight excluding hydrogens is 424 g/mol. The van der Waals surface area contributed by atoms with Crippen LogP contribution in [0.15, 0.2) is 59.5 Å². The van der Waals surface area contributed by atoms with Gasteiger partial charge in [0.2, 0.25) is 5.91 Å². The van der Waals surface area contributed by atoms with Gasteiger partial charge in [0.1, 0.15) is 0 Å². The van der Waals surface area contributed by atoms with Gasteiger partial charge in [-0.05, 0) is 41.8 Å². The second kappa shape index (κ2) is 9.96. The van der Waals surface area contributed by atoms with E-state index >= 15 is 0 Å². The largest absolute Gasteiger partial charge is 0.493 e. The van der Waals surface area contributed by atoms with E-state index in [9.17, 15) is 9.59 Å². The number of hydrogen-bond acceptors (Lipinski definition) is 5. The average Bonchev–Trinajstić information content (AvgIpc) is 3.37. The van der Waals surface area contributed by atoms with Crippen molar-refractivity contribution in [3.63, 3.8) is 0 Å². The average molecular weight is 451 g/mol. The smallest absolute Gasteiger partial charge is 0.256 e. The lowest BCUT2D eigenvalue weighted by molar-refractivity contribution is -0.113. The Kier molecular flexibility index (Phi) is 6.85. The SMILES string of the molecule is COc1cc(NC(=O)CSc2ccc3ccccc3c2)c(C(=O)N2CCCC2)cc1OC. The molecule has 1 fully saturated rings. The van der Waals surface area contributed by atoms with Gasteiger partial charge >= 0.3 is 0 Å². The van der Waals surface area contributed by atoms with Gasteiger partial charge in [0.05, 0.1) is 31.2 Å². The monoisotopic (exact) mass is 450 g/mol. The van der Waals surface area contributed by atoms with Gasteiger partial charge < -0.3 is 19.7 Å². The molecule has 0 aliphatic carbocycles. The molecule has 0 atom stereocenters. The fraction of sp³-hybridized carbons (Fsp3) is 0.280. The van der Waals surface area contributed by atoms with Crippen LogP contribution in [0.1, 0.15) is 23.2 Å². The molecule has 166 valence electrons. The maximum atomic E-state index is 13.1. The van der Waals surface area contributed by atoms with Crippen LogP contribution in [0.4, 0.5) is 5.69 Å². The van der Waals surface area contributed by atoms with Crippen molar-refractivity contribution < 1.29 is 19.1 Å². The summed E-state index contributed by atoms with van der Waals surface area (Å²) in [5.74, 6) is 0.845. The number of carbonyl (C=O) groups is 2. The van der Waals surface area contributed by atoms with Crippen molar-refractivity contribution in [2.45, 2.75) is 17.7 Å². The third kappa shape index (κ3) is 4.83. The maximum Gasteiger partial charge on any atom is 0.256 e. The number of carbonyl (C=O) groups excluding carboxylic acids is 2. The lowest BCUT2D eigenvalue weighted by atomic mass is 10.1. The number of nitrogens with zero attached hydrogens (tertiary/aromatic N) is 1. The number of hydrogen-bond donors (Lipinski definition) is 1. The molecule has 7 heteroatoms. The van der Waals surface area contributed by atoms with E-state index < -0.39 is 0 Å². The number of benzene rings is 3. The molecule has 1 aliphatic heterocycles. The minimum atomic E-state index is -0.189. The molecule has 1 saturated heterocycles. The minimum Gasteiger partial charge on any atom is -0.493 e. The second-order valence-electron chi connectivity index (χ2n) is 7.60. The summed E-state index contributed by atoms with van der Waals surface area (Å²) in [4.78, 5) is 28.7. The van der Waals surface area contributed by atoms with Gasteiger partial charge in [0, 0.05) is 24.1 Å². The van der Waals surface area contributed by atoms with E-state index in [1.807, 2.05) is 18.2 Å². The van der Waals surface area contributed by atoms with Crippen molar-refractivity contribution in [1.29, 1.82) is 0 Å².